The Morgan fingerprint density at radius 2 is 2.19 bits per heavy atom. The van der Waals surface area contributed by atoms with Crippen LogP contribution in [0.4, 0.5) is 10.1 Å². The van der Waals surface area contributed by atoms with E-state index in [1.165, 1.54) is 6.07 Å². The number of hydrogen-bond donors (Lipinski definition) is 2. The molecule has 1 aromatic rings. The SMILES string of the molecule is CCC(C)CCC[C@@H]1CCc2cc(O)c(N3CC(=O)NS3(=O)=O)c(F)c2C1. The molecule has 0 spiro atoms. The van der Waals surface area contributed by atoms with Crippen LogP contribution in [-0.2, 0) is 27.8 Å². The first-order valence-electron chi connectivity index (χ1n) is 9.59. The van der Waals surface area contributed by atoms with E-state index in [2.05, 4.69) is 13.8 Å². The number of hydrogen-bond acceptors (Lipinski definition) is 4. The van der Waals surface area contributed by atoms with Gasteiger partial charge in [-0.3, -0.25) is 4.79 Å². The first kappa shape index (κ1) is 19.9. The average molecular weight is 399 g/mol. The monoisotopic (exact) mass is 398 g/mol. The zero-order valence-corrected chi connectivity index (χ0v) is 16.6. The van der Waals surface area contributed by atoms with Gasteiger partial charge in [-0.15, -0.1) is 0 Å². The van der Waals surface area contributed by atoms with E-state index in [4.69, 9.17) is 0 Å². The van der Waals surface area contributed by atoms with Gasteiger partial charge < -0.3 is 5.11 Å². The van der Waals surface area contributed by atoms with Gasteiger partial charge in [-0.05, 0) is 48.3 Å². The van der Waals surface area contributed by atoms with E-state index in [9.17, 15) is 18.3 Å². The summed E-state index contributed by atoms with van der Waals surface area (Å²) in [7, 11) is -4.17. The molecule has 1 heterocycles. The molecule has 2 N–H and O–H groups in total. The summed E-state index contributed by atoms with van der Waals surface area (Å²) in [6, 6.07) is 1.45. The van der Waals surface area contributed by atoms with Gasteiger partial charge in [-0.1, -0.05) is 39.5 Å². The molecule has 6 nitrogen and oxygen atoms in total. The Morgan fingerprint density at radius 1 is 1.44 bits per heavy atom. The van der Waals surface area contributed by atoms with Gasteiger partial charge in [0.1, 0.15) is 18.0 Å². The molecule has 1 amide bonds. The molecule has 0 bridgehead atoms. The number of rotatable bonds is 6. The Bertz CT molecular complexity index is 841. The lowest BCUT2D eigenvalue weighted by Gasteiger charge is -2.28. The number of fused-ring (bicyclic) bond motifs is 1. The van der Waals surface area contributed by atoms with Crippen molar-refractivity contribution >= 4 is 21.8 Å². The number of halogens is 1. The zero-order chi connectivity index (χ0) is 19.8. The fourth-order valence-electron chi connectivity index (χ4n) is 4.00. The number of nitrogens with zero attached hydrogens (tertiary/aromatic N) is 1. The molecular weight excluding hydrogens is 371 g/mol. The highest BCUT2D eigenvalue weighted by molar-refractivity contribution is 7.92. The lowest BCUT2D eigenvalue weighted by molar-refractivity contribution is -0.117. The van der Waals surface area contributed by atoms with Crippen molar-refractivity contribution in [2.45, 2.75) is 58.8 Å². The van der Waals surface area contributed by atoms with Crippen molar-refractivity contribution in [1.29, 1.82) is 0 Å². The van der Waals surface area contributed by atoms with Crippen molar-refractivity contribution in [2.24, 2.45) is 11.8 Å². The maximum absolute atomic E-state index is 15.2. The van der Waals surface area contributed by atoms with Crippen LogP contribution in [0.5, 0.6) is 5.75 Å². The number of benzene rings is 1. The minimum atomic E-state index is -4.17. The molecule has 1 aliphatic carbocycles. The Balaban J connectivity index is 1.83. The molecule has 150 valence electrons. The summed E-state index contributed by atoms with van der Waals surface area (Å²) < 4.78 is 41.8. The fourth-order valence-corrected chi connectivity index (χ4v) is 5.16. The van der Waals surface area contributed by atoms with Gasteiger partial charge in [-0.2, -0.15) is 8.42 Å². The molecule has 0 saturated carbocycles. The standard InChI is InChI=1S/C19H27FN2O4S/c1-3-12(2)5-4-6-13-7-8-14-10-16(23)19(18(20)15(14)9-13)22-11-17(24)21-27(22,25)26/h10,12-13,23H,3-9,11H2,1-2H3,(H,21,24)/t12?,13-/m1/s1. The molecule has 1 fully saturated rings. The van der Waals surface area contributed by atoms with Crippen LogP contribution in [0.25, 0.3) is 0 Å². The lowest BCUT2D eigenvalue weighted by Crippen LogP contribution is -2.31. The van der Waals surface area contributed by atoms with Gasteiger partial charge in [0.2, 0.25) is 0 Å². The number of carbonyl (C=O) groups excluding carboxylic acids is 1. The molecule has 1 aliphatic heterocycles. The molecule has 1 saturated heterocycles. The van der Waals surface area contributed by atoms with Crippen LogP contribution < -0.4 is 9.03 Å². The minimum absolute atomic E-state index is 0.350. The maximum atomic E-state index is 15.2. The summed E-state index contributed by atoms with van der Waals surface area (Å²) >= 11 is 0. The van der Waals surface area contributed by atoms with Gasteiger partial charge in [0.25, 0.3) is 5.91 Å². The normalized spacial score (nSPS) is 22.4. The number of aromatic hydroxyl groups is 1. The smallest absolute Gasteiger partial charge is 0.326 e. The predicted molar refractivity (Wildman–Crippen MR) is 101 cm³/mol. The van der Waals surface area contributed by atoms with Gasteiger partial charge in [0.05, 0.1) is 0 Å². The minimum Gasteiger partial charge on any atom is -0.506 e. The second kappa shape index (κ2) is 7.66. The molecule has 0 radical (unpaired) electrons. The van der Waals surface area contributed by atoms with Gasteiger partial charge in [0, 0.05) is 0 Å². The highest BCUT2D eigenvalue weighted by Crippen LogP contribution is 2.41. The van der Waals surface area contributed by atoms with E-state index >= 15 is 4.39 Å². The summed E-state index contributed by atoms with van der Waals surface area (Å²) in [5.74, 6) is -0.873. The molecule has 2 atom stereocenters. The molecule has 1 aromatic carbocycles. The average Bonchev–Trinajstić information content (AvgIpc) is 2.87. The molecule has 27 heavy (non-hydrogen) atoms. The third kappa shape index (κ3) is 4.05. The number of nitrogens with one attached hydrogen (secondary N) is 1. The van der Waals surface area contributed by atoms with Gasteiger partial charge >= 0.3 is 10.2 Å². The Morgan fingerprint density at radius 3 is 2.81 bits per heavy atom. The largest absolute Gasteiger partial charge is 0.506 e. The summed E-state index contributed by atoms with van der Waals surface area (Å²) in [6.45, 7) is 3.89. The third-order valence-electron chi connectivity index (χ3n) is 5.80. The topological polar surface area (TPSA) is 86.7 Å². The van der Waals surface area contributed by atoms with Gasteiger partial charge in [-0.25, -0.2) is 13.4 Å². The van der Waals surface area contributed by atoms with Crippen LogP contribution >= 0.6 is 0 Å². The number of anilines is 1. The lowest BCUT2D eigenvalue weighted by atomic mass is 9.80. The summed E-state index contributed by atoms with van der Waals surface area (Å²) in [5, 5.41) is 10.2. The fraction of sp³-hybridized carbons (Fsp3) is 0.632. The van der Waals surface area contributed by atoms with E-state index < -0.39 is 39.9 Å². The first-order chi connectivity index (χ1) is 12.7. The summed E-state index contributed by atoms with van der Waals surface area (Å²) in [5.41, 5.74) is 0.771. The third-order valence-corrected chi connectivity index (χ3v) is 7.18. The first-order valence-corrected chi connectivity index (χ1v) is 11.0. The Hall–Kier alpha value is -1.83. The van der Waals surface area contributed by atoms with Crippen LogP contribution in [0.1, 0.15) is 57.1 Å². The highest BCUT2D eigenvalue weighted by Gasteiger charge is 2.39. The summed E-state index contributed by atoms with van der Waals surface area (Å²) in [4.78, 5) is 11.5. The van der Waals surface area contributed by atoms with Crippen molar-refractivity contribution in [3.63, 3.8) is 0 Å². The van der Waals surface area contributed by atoms with E-state index in [1.807, 2.05) is 4.72 Å². The zero-order valence-electron chi connectivity index (χ0n) is 15.8. The van der Waals surface area contributed by atoms with E-state index in [0.29, 0.717) is 34.5 Å². The van der Waals surface area contributed by atoms with Gasteiger partial charge in [0.15, 0.2) is 5.82 Å². The van der Waals surface area contributed by atoms with Crippen LogP contribution in [-0.4, -0.2) is 26.0 Å². The highest BCUT2D eigenvalue weighted by atomic mass is 32.2. The number of amides is 1. The van der Waals surface area contributed by atoms with Crippen molar-refractivity contribution in [2.75, 3.05) is 10.8 Å². The second-order valence-corrected chi connectivity index (χ2v) is 9.38. The molecule has 2 aliphatic rings. The number of aryl methyl sites for hydroxylation is 1. The molecule has 3 rings (SSSR count). The second-order valence-electron chi connectivity index (χ2n) is 7.79. The van der Waals surface area contributed by atoms with Crippen LogP contribution in [0.15, 0.2) is 6.07 Å². The van der Waals surface area contributed by atoms with Crippen LogP contribution in [0, 0.1) is 17.7 Å². The van der Waals surface area contributed by atoms with Crippen molar-refractivity contribution in [1.82, 2.24) is 4.72 Å². The molecule has 8 heteroatoms. The van der Waals surface area contributed by atoms with Crippen molar-refractivity contribution in [3.05, 3.63) is 23.0 Å². The summed E-state index contributed by atoms with van der Waals surface area (Å²) in [6.07, 6.45) is 6.56. The Labute approximate surface area is 159 Å². The van der Waals surface area contributed by atoms with E-state index in [1.54, 1.807) is 0 Å². The predicted octanol–water partition coefficient (Wildman–Crippen LogP) is 3.03. The van der Waals surface area contributed by atoms with Crippen molar-refractivity contribution < 1.29 is 22.7 Å². The van der Waals surface area contributed by atoms with Crippen LogP contribution in [0.3, 0.4) is 0 Å². The van der Waals surface area contributed by atoms with E-state index in [-0.39, 0.29) is 0 Å². The number of phenols is 1. The molecule has 1 unspecified atom stereocenters. The van der Waals surface area contributed by atoms with Crippen molar-refractivity contribution in [3.8, 4) is 5.75 Å². The Kier molecular flexibility index (Phi) is 5.65. The van der Waals surface area contributed by atoms with Crippen LogP contribution in [0.2, 0.25) is 0 Å². The number of phenolic OH excluding ortho intramolecular Hbond substituents is 1. The quantitative estimate of drug-likeness (QED) is 0.771. The molecular formula is C19H27FN2O4S. The maximum Gasteiger partial charge on any atom is 0.326 e. The number of carbonyl (C=O) groups is 1. The van der Waals surface area contributed by atoms with E-state index in [0.717, 1.165) is 37.7 Å². The molecule has 0 aromatic heterocycles.